The van der Waals surface area contributed by atoms with Crippen molar-refractivity contribution in [2.75, 3.05) is 5.32 Å². The second kappa shape index (κ2) is 5.38. The lowest BCUT2D eigenvalue weighted by Gasteiger charge is -2.07. The average Bonchev–Trinajstić information content (AvgIpc) is 2.77. The van der Waals surface area contributed by atoms with Crippen molar-refractivity contribution >= 4 is 39.1 Å². The maximum absolute atomic E-state index is 11.8. The number of hydrogen-bond acceptors (Lipinski definition) is 2. The molecular weight excluding hydrogens is 305 g/mol. The van der Waals surface area contributed by atoms with Crippen LogP contribution in [0.1, 0.15) is 16.1 Å². The van der Waals surface area contributed by atoms with Crippen molar-refractivity contribution in [3.05, 3.63) is 52.9 Å². The number of hydrogen-bond donors (Lipinski definition) is 1. The van der Waals surface area contributed by atoms with Gasteiger partial charge >= 0.3 is 0 Å². The van der Waals surface area contributed by atoms with E-state index in [1.807, 2.05) is 24.3 Å². The Morgan fingerprint density at radius 2 is 2.06 bits per heavy atom. The van der Waals surface area contributed by atoms with Crippen molar-refractivity contribution in [1.29, 1.82) is 0 Å². The summed E-state index contributed by atoms with van der Waals surface area (Å²) in [5.41, 5.74) is 1.75. The number of halogens is 2. The SMILES string of the molecule is O=C(Nc1ccccc1CBr)c1ccc(Cl)o1. The number of carbonyl (C=O) groups excluding carboxylic acids is 1. The van der Waals surface area contributed by atoms with E-state index in [9.17, 15) is 4.79 Å². The number of anilines is 1. The van der Waals surface area contributed by atoms with Crippen LogP contribution < -0.4 is 5.32 Å². The number of nitrogens with one attached hydrogen (secondary N) is 1. The Labute approximate surface area is 112 Å². The topological polar surface area (TPSA) is 42.2 Å². The molecule has 1 heterocycles. The van der Waals surface area contributed by atoms with E-state index in [0.717, 1.165) is 11.3 Å². The minimum Gasteiger partial charge on any atom is -0.440 e. The monoisotopic (exact) mass is 313 g/mol. The van der Waals surface area contributed by atoms with Crippen LogP contribution in [0.5, 0.6) is 0 Å². The molecule has 5 heteroatoms. The lowest BCUT2D eigenvalue weighted by Crippen LogP contribution is -2.12. The smallest absolute Gasteiger partial charge is 0.291 e. The van der Waals surface area contributed by atoms with E-state index in [1.165, 1.54) is 12.1 Å². The Bertz CT molecular complexity index is 539. The molecule has 0 unspecified atom stereocenters. The molecule has 17 heavy (non-hydrogen) atoms. The molecule has 0 saturated carbocycles. The maximum atomic E-state index is 11.8. The van der Waals surface area contributed by atoms with Crippen LogP contribution in [0.25, 0.3) is 0 Å². The fraction of sp³-hybridized carbons (Fsp3) is 0.0833. The molecule has 3 nitrogen and oxygen atoms in total. The van der Waals surface area contributed by atoms with Gasteiger partial charge in [0.25, 0.3) is 5.91 Å². The Kier molecular flexibility index (Phi) is 3.86. The summed E-state index contributed by atoms with van der Waals surface area (Å²) >= 11 is 8.97. The number of furan rings is 1. The van der Waals surface area contributed by atoms with Crippen LogP contribution in [0, 0.1) is 0 Å². The first kappa shape index (κ1) is 12.2. The van der Waals surface area contributed by atoms with Gasteiger partial charge in [-0.05, 0) is 35.4 Å². The molecule has 1 N–H and O–H groups in total. The summed E-state index contributed by atoms with van der Waals surface area (Å²) < 4.78 is 5.03. The van der Waals surface area contributed by atoms with Crippen molar-refractivity contribution < 1.29 is 9.21 Å². The fourth-order valence-corrected chi connectivity index (χ4v) is 2.01. The molecule has 0 saturated heterocycles. The lowest BCUT2D eigenvalue weighted by atomic mass is 10.2. The first-order chi connectivity index (χ1) is 8.20. The third kappa shape index (κ3) is 2.90. The number of alkyl halides is 1. The molecule has 1 amide bonds. The zero-order valence-corrected chi connectivity index (χ0v) is 11.1. The highest BCUT2D eigenvalue weighted by atomic mass is 79.9. The van der Waals surface area contributed by atoms with Crippen molar-refractivity contribution in [1.82, 2.24) is 0 Å². The van der Waals surface area contributed by atoms with Crippen LogP contribution in [0.2, 0.25) is 5.22 Å². The van der Waals surface area contributed by atoms with Crippen LogP contribution in [-0.4, -0.2) is 5.91 Å². The fourth-order valence-electron chi connectivity index (χ4n) is 1.38. The molecular formula is C12H9BrClNO2. The predicted molar refractivity (Wildman–Crippen MR) is 70.7 cm³/mol. The molecule has 88 valence electrons. The normalized spacial score (nSPS) is 10.2. The first-order valence-corrected chi connectivity index (χ1v) is 6.41. The minimum atomic E-state index is -0.315. The second-order valence-electron chi connectivity index (χ2n) is 3.35. The van der Waals surface area contributed by atoms with E-state index >= 15 is 0 Å². The van der Waals surface area contributed by atoms with Gasteiger partial charge in [-0.2, -0.15) is 0 Å². The average molecular weight is 315 g/mol. The lowest BCUT2D eigenvalue weighted by molar-refractivity contribution is 0.0996. The minimum absolute atomic E-state index is 0.194. The van der Waals surface area contributed by atoms with Gasteiger partial charge in [0.15, 0.2) is 11.0 Å². The van der Waals surface area contributed by atoms with Crippen molar-refractivity contribution in [3.8, 4) is 0 Å². The Morgan fingerprint density at radius 1 is 1.29 bits per heavy atom. The molecule has 0 aliphatic rings. The summed E-state index contributed by atoms with van der Waals surface area (Å²) in [4.78, 5) is 11.8. The van der Waals surface area contributed by atoms with Crippen molar-refractivity contribution in [2.24, 2.45) is 0 Å². The van der Waals surface area contributed by atoms with Crippen molar-refractivity contribution in [3.63, 3.8) is 0 Å². The van der Waals surface area contributed by atoms with E-state index in [0.29, 0.717) is 5.33 Å². The maximum Gasteiger partial charge on any atom is 0.291 e. The highest BCUT2D eigenvalue weighted by Crippen LogP contribution is 2.20. The molecule has 0 aliphatic carbocycles. The van der Waals surface area contributed by atoms with Gasteiger partial charge in [0, 0.05) is 11.0 Å². The summed E-state index contributed by atoms with van der Waals surface area (Å²) in [6.07, 6.45) is 0. The first-order valence-electron chi connectivity index (χ1n) is 4.91. The van der Waals surface area contributed by atoms with Crippen LogP contribution in [0.3, 0.4) is 0 Å². The molecule has 2 aromatic rings. The van der Waals surface area contributed by atoms with E-state index in [-0.39, 0.29) is 16.9 Å². The number of amides is 1. The molecule has 2 rings (SSSR count). The molecule has 0 fully saturated rings. The Morgan fingerprint density at radius 3 is 2.71 bits per heavy atom. The summed E-state index contributed by atoms with van der Waals surface area (Å²) in [7, 11) is 0. The zero-order chi connectivity index (χ0) is 12.3. The van der Waals surface area contributed by atoms with Gasteiger partial charge in [0.05, 0.1) is 0 Å². The Balaban J connectivity index is 2.18. The second-order valence-corrected chi connectivity index (χ2v) is 4.28. The molecule has 1 aromatic carbocycles. The highest BCUT2D eigenvalue weighted by molar-refractivity contribution is 9.08. The number of rotatable bonds is 3. The molecule has 0 radical (unpaired) electrons. The molecule has 0 aliphatic heterocycles. The summed E-state index contributed by atoms with van der Waals surface area (Å²) in [5, 5.41) is 3.64. The largest absolute Gasteiger partial charge is 0.440 e. The van der Waals surface area contributed by atoms with Gasteiger partial charge in [-0.25, -0.2) is 0 Å². The van der Waals surface area contributed by atoms with E-state index in [4.69, 9.17) is 16.0 Å². The van der Waals surface area contributed by atoms with E-state index in [1.54, 1.807) is 0 Å². The van der Waals surface area contributed by atoms with Crippen LogP contribution in [0.4, 0.5) is 5.69 Å². The van der Waals surface area contributed by atoms with E-state index < -0.39 is 0 Å². The number of carbonyl (C=O) groups is 1. The standard InChI is InChI=1S/C12H9BrClNO2/c13-7-8-3-1-2-4-9(8)15-12(16)10-5-6-11(14)17-10/h1-6H,7H2,(H,15,16). The van der Waals surface area contributed by atoms with Gasteiger partial charge in [-0.1, -0.05) is 34.1 Å². The quantitative estimate of drug-likeness (QED) is 0.867. The third-order valence-corrected chi connectivity index (χ3v) is 3.01. The summed E-state index contributed by atoms with van der Waals surface area (Å²) in [6.45, 7) is 0. The van der Waals surface area contributed by atoms with Crippen LogP contribution >= 0.6 is 27.5 Å². The number of benzene rings is 1. The zero-order valence-electron chi connectivity index (χ0n) is 8.74. The van der Waals surface area contributed by atoms with Gasteiger partial charge in [-0.3, -0.25) is 4.79 Å². The highest BCUT2D eigenvalue weighted by Gasteiger charge is 2.12. The summed E-state index contributed by atoms with van der Waals surface area (Å²) in [6, 6.07) is 10.6. The predicted octanol–water partition coefficient (Wildman–Crippen LogP) is 4.08. The van der Waals surface area contributed by atoms with Gasteiger partial charge in [0.1, 0.15) is 0 Å². The van der Waals surface area contributed by atoms with Gasteiger partial charge in [0.2, 0.25) is 0 Å². The van der Waals surface area contributed by atoms with Crippen LogP contribution in [0.15, 0.2) is 40.8 Å². The van der Waals surface area contributed by atoms with E-state index in [2.05, 4.69) is 21.2 Å². The van der Waals surface area contributed by atoms with Gasteiger partial charge < -0.3 is 9.73 Å². The summed E-state index contributed by atoms with van der Waals surface area (Å²) in [5.74, 6) is -0.121. The Hall–Kier alpha value is -1.26. The molecule has 1 aromatic heterocycles. The number of para-hydroxylation sites is 1. The van der Waals surface area contributed by atoms with Crippen LogP contribution in [-0.2, 0) is 5.33 Å². The van der Waals surface area contributed by atoms with Gasteiger partial charge in [-0.15, -0.1) is 0 Å². The van der Waals surface area contributed by atoms with Crippen molar-refractivity contribution in [2.45, 2.75) is 5.33 Å². The molecule has 0 atom stereocenters. The molecule has 0 spiro atoms. The molecule has 0 bridgehead atoms. The third-order valence-electron chi connectivity index (χ3n) is 2.21.